The van der Waals surface area contributed by atoms with E-state index in [4.69, 9.17) is 4.42 Å². The van der Waals surface area contributed by atoms with Crippen LogP contribution in [0.4, 0.5) is 17.1 Å². The van der Waals surface area contributed by atoms with E-state index >= 15 is 0 Å². The lowest BCUT2D eigenvalue weighted by Gasteiger charge is -2.42. The fourth-order valence-corrected chi connectivity index (χ4v) is 13.3. The Morgan fingerprint density at radius 1 is 0.492 bits per heavy atom. The Labute approximate surface area is 381 Å². The summed E-state index contributed by atoms with van der Waals surface area (Å²) in [6.07, 6.45) is 4.62. The molecule has 65 heavy (non-hydrogen) atoms. The molecule has 0 fully saturated rings. The molecule has 3 aromatic heterocycles. The minimum Gasteiger partial charge on any atom is -0.466 e. The maximum atomic E-state index is 7.63. The van der Waals surface area contributed by atoms with Crippen molar-refractivity contribution in [2.75, 3.05) is 4.90 Å². The van der Waals surface area contributed by atoms with Crippen LogP contribution >= 0.6 is 0 Å². The molecule has 0 atom stereocenters. The third-order valence-electron chi connectivity index (χ3n) is 17.0. The molecular weight excluding hydrogens is 789 g/mol. The predicted octanol–water partition coefficient (Wildman–Crippen LogP) is 14.8. The summed E-state index contributed by atoms with van der Waals surface area (Å²) in [4.78, 5) is 2.52. The number of benzene rings is 7. The zero-order valence-electron chi connectivity index (χ0n) is 38.9. The van der Waals surface area contributed by atoms with Gasteiger partial charge in [0, 0.05) is 54.9 Å². The van der Waals surface area contributed by atoms with Gasteiger partial charge in [-0.05, 0) is 141 Å². The third-order valence-corrected chi connectivity index (χ3v) is 17.0. The lowest BCUT2D eigenvalue weighted by Crippen LogP contribution is -2.54. The first-order valence-electron chi connectivity index (χ1n) is 24.0. The van der Waals surface area contributed by atoms with Crippen LogP contribution in [0.5, 0.6) is 0 Å². The maximum Gasteiger partial charge on any atom is 0.376 e. The van der Waals surface area contributed by atoms with Gasteiger partial charge < -0.3 is 18.4 Å². The van der Waals surface area contributed by atoms with Crippen LogP contribution in [0.2, 0.25) is 0 Å². The van der Waals surface area contributed by atoms with E-state index in [0.29, 0.717) is 0 Å². The molecular formula is C60H54BN3O. The minimum atomic E-state index is -0.180. The molecule has 4 aliphatic rings. The maximum absolute atomic E-state index is 7.63. The van der Waals surface area contributed by atoms with Gasteiger partial charge in [0.25, 0.3) is 0 Å². The summed E-state index contributed by atoms with van der Waals surface area (Å²) >= 11 is 0. The van der Waals surface area contributed by atoms with Gasteiger partial charge in [-0.15, -0.1) is 0 Å². The van der Waals surface area contributed by atoms with E-state index in [2.05, 4.69) is 203 Å². The quantitative estimate of drug-likeness (QED) is 0.166. The van der Waals surface area contributed by atoms with E-state index in [1.165, 1.54) is 99.2 Å². The number of fused-ring (bicyclic) bond motifs is 15. The van der Waals surface area contributed by atoms with Gasteiger partial charge in [0.2, 0.25) is 0 Å². The molecule has 318 valence electrons. The van der Waals surface area contributed by atoms with Crippen molar-refractivity contribution in [1.29, 1.82) is 0 Å². The first-order chi connectivity index (χ1) is 31.2. The summed E-state index contributed by atoms with van der Waals surface area (Å²) in [5.74, 6) is 0. The molecule has 2 aliphatic heterocycles. The van der Waals surface area contributed by atoms with Crippen LogP contribution in [-0.4, -0.2) is 15.9 Å². The van der Waals surface area contributed by atoms with Crippen molar-refractivity contribution in [3.8, 4) is 16.8 Å². The Morgan fingerprint density at radius 2 is 1.05 bits per heavy atom. The summed E-state index contributed by atoms with van der Waals surface area (Å²) in [6, 6.07) is 50.9. The highest BCUT2D eigenvalue weighted by Gasteiger charge is 2.48. The highest BCUT2D eigenvalue weighted by Crippen LogP contribution is 2.55. The number of aromatic nitrogens is 2. The van der Waals surface area contributed by atoms with Gasteiger partial charge in [0.05, 0.1) is 22.4 Å². The molecule has 2 aliphatic carbocycles. The molecule has 0 saturated heterocycles. The van der Waals surface area contributed by atoms with Crippen LogP contribution in [0.15, 0.2) is 138 Å². The van der Waals surface area contributed by atoms with Gasteiger partial charge >= 0.3 is 6.85 Å². The second-order valence-corrected chi connectivity index (χ2v) is 22.6. The van der Waals surface area contributed by atoms with E-state index in [1.807, 2.05) is 0 Å². The zero-order chi connectivity index (χ0) is 44.1. The molecule has 0 bridgehead atoms. The monoisotopic (exact) mass is 843 g/mol. The van der Waals surface area contributed by atoms with E-state index in [9.17, 15) is 0 Å². The largest absolute Gasteiger partial charge is 0.466 e. The lowest BCUT2D eigenvalue weighted by molar-refractivity contribution is 0.332. The van der Waals surface area contributed by atoms with E-state index < -0.39 is 0 Å². The molecule has 0 N–H and O–H groups in total. The van der Waals surface area contributed by atoms with Crippen molar-refractivity contribution in [1.82, 2.24) is 9.05 Å². The number of hydrogen-bond donors (Lipinski definition) is 0. The Balaban J connectivity index is 1.25. The van der Waals surface area contributed by atoms with Crippen LogP contribution in [0.1, 0.15) is 103 Å². The van der Waals surface area contributed by atoms with Crippen molar-refractivity contribution >= 4 is 89.6 Å². The first-order valence-corrected chi connectivity index (χ1v) is 24.0. The van der Waals surface area contributed by atoms with Crippen LogP contribution < -0.4 is 16.0 Å². The summed E-state index contributed by atoms with van der Waals surface area (Å²) in [5, 5.41) is 6.38. The molecule has 10 aromatic rings. The molecule has 0 saturated carbocycles. The number of nitrogens with zero attached hydrogens (tertiary/aromatic N) is 3. The van der Waals surface area contributed by atoms with Crippen LogP contribution in [-0.2, 0) is 21.7 Å². The number of furan rings is 1. The summed E-state index contributed by atoms with van der Waals surface area (Å²) in [7, 11) is 0. The highest BCUT2D eigenvalue weighted by atomic mass is 16.3. The van der Waals surface area contributed by atoms with E-state index in [1.54, 1.807) is 0 Å². The Kier molecular flexibility index (Phi) is 7.14. The minimum absolute atomic E-state index is 0.0277. The highest BCUT2D eigenvalue weighted by molar-refractivity contribution is 6.89. The van der Waals surface area contributed by atoms with Gasteiger partial charge in [-0.1, -0.05) is 128 Å². The van der Waals surface area contributed by atoms with Crippen molar-refractivity contribution in [3.63, 3.8) is 0 Å². The summed E-state index contributed by atoms with van der Waals surface area (Å²) < 4.78 is 13.0. The summed E-state index contributed by atoms with van der Waals surface area (Å²) in [6.45, 7) is 19.5. The molecule has 5 heterocycles. The Hall–Kier alpha value is -6.46. The Bertz CT molecular complexity index is 3690. The number of anilines is 3. The second-order valence-electron chi connectivity index (χ2n) is 22.6. The number of rotatable bonds is 3. The van der Waals surface area contributed by atoms with Crippen LogP contribution in [0.25, 0.3) is 71.4 Å². The second kappa shape index (κ2) is 12.3. The van der Waals surface area contributed by atoms with Gasteiger partial charge in [-0.2, -0.15) is 0 Å². The van der Waals surface area contributed by atoms with Crippen molar-refractivity contribution < 1.29 is 4.42 Å². The zero-order valence-corrected chi connectivity index (χ0v) is 38.9. The molecule has 7 aromatic carbocycles. The first kappa shape index (κ1) is 37.9. The SMILES string of the molecule is CC1(C)CCC(C)(C)c2cc3c4c(oc3cc21)B1c2c(cc(N(c3ccccc3)c3ccccc3)c3c5cc6c(cc5n-4c23)C(C)(C)CCC6(C)C)-c2cccc3c4ccccc4n1c23. The van der Waals surface area contributed by atoms with Gasteiger partial charge in [0.1, 0.15) is 11.2 Å². The van der Waals surface area contributed by atoms with Gasteiger partial charge in [0.15, 0.2) is 0 Å². The molecule has 0 unspecified atom stereocenters. The van der Waals surface area contributed by atoms with E-state index in [0.717, 1.165) is 48.3 Å². The van der Waals surface area contributed by atoms with Crippen molar-refractivity contribution in [3.05, 3.63) is 156 Å². The Morgan fingerprint density at radius 3 is 1.69 bits per heavy atom. The average molecular weight is 844 g/mol. The van der Waals surface area contributed by atoms with Crippen LogP contribution in [0, 0.1) is 0 Å². The third kappa shape index (κ3) is 4.79. The van der Waals surface area contributed by atoms with Crippen molar-refractivity contribution in [2.24, 2.45) is 0 Å². The standard InChI is InChI=1S/C60H54BN3O/c1-57(2)26-28-59(5,6)45-33-48-41(30-43(45)57)51-49(62(35-18-11-9-12-19-35)36-20-13-10-14-21-36)32-40-39-24-17-23-38-37-22-15-16-25-47(37)64(53(38)39)61-52(40)55(51)63(48)54-42-31-44-46(34-50(42)65-56(54)61)60(7,8)29-27-58(44,3)4/h9-25,30-34H,26-29H2,1-8H3. The molecule has 5 heteroatoms. The molecule has 4 nitrogen and oxygen atoms in total. The van der Waals surface area contributed by atoms with Gasteiger partial charge in [-0.3, -0.25) is 0 Å². The summed E-state index contributed by atoms with van der Waals surface area (Å²) in [5.41, 5.74) is 21.6. The molecule has 0 spiro atoms. The van der Waals surface area contributed by atoms with Gasteiger partial charge in [-0.25, -0.2) is 0 Å². The topological polar surface area (TPSA) is 26.2 Å². The lowest BCUT2D eigenvalue weighted by atomic mass is 9.48. The van der Waals surface area contributed by atoms with Crippen LogP contribution in [0.3, 0.4) is 0 Å². The fraction of sp³-hybridized carbons (Fsp3) is 0.267. The molecule has 0 radical (unpaired) electrons. The van der Waals surface area contributed by atoms with Crippen molar-refractivity contribution in [2.45, 2.75) is 103 Å². The molecule has 14 rings (SSSR count). The fourth-order valence-electron chi connectivity index (χ4n) is 13.3. The number of hydrogen-bond acceptors (Lipinski definition) is 2. The normalized spacial score (nSPS) is 18.1. The number of para-hydroxylation sites is 4. The van der Waals surface area contributed by atoms with E-state index in [-0.39, 0.29) is 28.5 Å². The average Bonchev–Trinajstić information content (AvgIpc) is 3.96. The smallest absolute Gasteiger partial charge is 0.376 e. The molecule has 0 amide bonds. The predicted molar refractivity (Wildman–Crippen MR) is 275 cm³/mol.